The van der Waals surface area contributed by atoms with Crippen LogP contribution in [-0.2, 0) is 4.79 Å². The number of fused-ring (bicyclic) bond motifs is 2. The van der Waals surface area contributed by atoms with Crippen molar-refractivity contribution in [3.05, 3.63) is 85.0 Å². The van der Waals surface area contributed by atoms with Crippen molar-refractivity contribution in [2.45, 2.75) is 44.1 Å². The van der Waals surface area contributed by atoms with E-state index in [1.807, 2.05) is 17.0 Å². The number of pyridine rings is 2. The fourth-order valence-corrected chi connectivity index (χ4v) is 5.78. The van der Waals surface area contributed by atoms with Crippen LogP contribution in [0.5, 0.6) is 11.5 Å². The Balaban J connectivity index is 1.15. The standard InChI is InChI=1S/C30H27FN8O2/c1-3-26(40)38-12-8-19(15-30(38)10-11-30)21-4-5-23-28(36-21)29(34-16-32-23)37-22-6-7-24(18(2)27(22)31)41-20-9-13-39-25(14-20)33-17-35-39/h3-7,9,13-14,16-17,19H,1,8,10-12,15H2,2H3,(H,32,34,37)/t19-/m0/s1. The number of halogens is 1. The number of carbonyl (C=O) groups is 1. The lowest BCUT2D eigenvalue weighted by Gasteiger charge is -2.39. The molecule has 5 aromatic rings. The quantitative estimate of drug-likeness (QED) is 0.277. The SMILES string of the molecule is C=CC(=O)N1CC[C@H](c2ccc3ncnc(Nc4ccc(Oc5ccn6ncnc6c5)c(C)c4F)c3n2)CC12CC2. The molecule has 4 aromatic heterocycles. The molecule has 10 nitrogen and oxygen atoms in total. The number of anilines is 2. The Hall–Kier alpha value is -4.93. The van der Waals surface area contributed by atoms with Gasteiger partial charge in [-0.1, -0.05) is 6.58 Å². The van der Waals surface area contributed by atoms with Crippen LogP contribution in [0, 0.1) is 12.7 Å². The monoisotopic (exact) mass is 550 g/mol. The number of piperidine rings is 1. The van der Waals surface area contributed by atoms with Gasteiger partial charge in [0, 0.05) is 41.5 Å². The summed E-state index contributed by atoms with van der Waals surface area (Å²) in [6.45, 7) is 6.01. The number of rotatable bonds is 6. The summed E-state index contributed by atoms with van der Waals surface area (Å²) in [6.07, 6.45) is 9.71. The number of benzene rings is 1. The van der Waals surface area contributed by atoms with Crippen LogP contribution in [0.4, 0.5) is 15.9 Å². The Kier molecular flexibility index (Phi) is 5.88. The summed E-state index contributed by atoms with van der Waals surface area (Å²) in [5, 5.41) is 7.20. The van der Waals surface area contributed by atoms with Crippen molar-refractivity contribution in [1.29, 1.82) is 0 Å². The van der Waals surface area contributed by atoms with E-state index in [1.165, 1.54) is 18.7 Å². The van der Waals surface area contributed by atoms with Crippen molar-refractivity contribution in [3.8, 4) is 11.5 Å². The van der Waals surface area contributed by atoms with Gasteiger partial charge in [-0.25, -0.2) is 28.8 Å². The Bertz CT molecular complexity index is 1830. The normalized spacial score (nSPS) is 17.6. The van der Waals surface area contributed by atoms with E-state index >= 15 is 4.39 Å². The molecule has 206 valence electrons. The van der Waals surface area contributed by atoms with Crippen LogP contribution in [-0.4, -0.2) is 52.4 Å². The molecular formula is C30H27FN8O2. The maximum Gasteiger partial charge on any atom is 0.246 e. The minimum atomic E-state index is -0.455. The van der Waals surface area contributed by atoms with Gasteiger partial charge in [-0.3, -0.25) is 4.79 Å². The van der Waals surface area contributed by atoms with Crippen molar-refractivity contribution in [2.75, 3.05) is 11.9 Å². The summed E-state index contributed by atoms with van der Waals surface area (Å²) in [5.74, 6) is 1.08. The van der Waals surface area contributed by atoms with E-state index < -0.39 is 5.82 Å². The molecule has 0 bridgehead atoms. The number of aromatic nitrogens is 6. The van der Waals surface area contributed by atoms with Crippen LogP contribution in [0.2, 0.25) is 0 Å². The summed E-state index contributed by atoms with van der Waals surface area (Å²) < 4.78 is 23.2. The third kappa shape index (κ3) is 4.43. The zero-order valence-electron chi connectivity index (χ0n) is 22.4. The number of nitrogens with one attached hydrogen (secondary N) is 1. The van der Waals surface area contributed by atoms with Crippen LogP contribution in [0.25, 0.3) is 16.7 Å². The molecule has 1 spiro atoms. The van der Waals surface area contributed by atoms with Crippen LogP contribution in [0.1, 0.15) is 42.9 Å². The second kappa shape index (κ2) is 9.61. The van der Waals surface area contributed by atoms with E-state index in [4.69, 9.17) is 9.72 Å². The summed E-state index contributed by atoms with van der Waals surface area (Å²) in [7, 11) is 0. The van der Waals surface area contributed by atoms with Gasteiger partial charge in [0.2, 0.25) is 5.91 Å². The van der Waals surface area contributed by atoms with Gasteiger partial charge in [0.25, 0.3) is 0 Å². The number of amides is 1. The van der Waals surface area contributed by atoms with Crippen molar-refractivity contribution >= 4 is 34.1 Å². The average Bonchev–Trinajstić information content (AvgIpc) is 3.59. The van der Waals surface area contributed by atoms with Crippen LogP contribution < -0.4 is 10.1 Å². The van der Waals surface area contributed by atoms with Gasteiger partial charge in [0.05, 0.1) is 11.2 Å². The van der Waals surface area contributed by atoms with Crippen molar-refractivity contribution in [2.24, 2.45) is 0 Å². The fraction of sp³-hybridized carbons (Fsp3) is 0.267. The lowest BCUT2D eigenvalue weighted by atomic mass is 9.86. The molecule has 2 aliphatic rings. The second-order valence-electron chi connectivity index (χ2n) is 10.6. The highest BCUT2D eigenvalue weighted by Gasteiger charge is 2.53. The van der Waals surface area contributed by atoms with Crippen LogP contribution in [0.15, 0.2) is 67.9 Å². The van der Waals surface area contributed by atoms with Gasteiger partial charge < -0.3 is 15.0 Å². The molecule has 1 aromatic carbocycles. The van der Waals surface area contributed by atoms with Crippen molar-refractivity contribution in [1.82, 2.24) is 34.4 Å². The predicted octanol–water partition coefficient (Wildman–Crippen LogP) is 5.48. The first-order chi connectivity index (χ1) is 19.9. The highest BCUT2D eigenvalue weighted by Crippen LogP contribution is 2.52. The van der Waals surface area contributed by atoms with Gasteiger partial charge >= 0.3 is 0 Å². The number of carbonyl (C=O) groups excluding carboxylic acids is 1. The molecule has 0 radical (unpaired) electrons. The molecule has 1 aliphatic carbocycles. The van der Waals surface area contributed by atoms with Gasteiger partial charge in [-0.05, 0) is 69.0 Å². The number of hydrogen-bond donors (Lipinski definition) is 1. The Morgan fingerprint density at radius 1 is 1.17 bits per heavy atom. The van der Waals surface area contributed by atoms with E-state index in [0.29, 0.717) is 46.1 Å². The number of ether oxygens (including phenoxy) is 1. The Morgan fingerprint density at radius 3 is 2.88 bits per heavy atom. The molecule has 1 saturated heterocycles. The van der Waals surface area contributed by atoms with Crippen LogP contribution in [0.3, 0.4) is 0 Å². The first-order valence-electron chi connectivity index (χ1n) is 13.5. The molecule has 2 fully saturated rings. The minimum Gasteiger partial charge on any atom is -0.457 e. The highest BCUT2D eigenvalue weighted by atomic mass is 19.1. The molecule has 1 N–H and O–H groups in total. The lowest BCUT2D eigenvalue weighted by Crippen LogP contribution is -2.46. The minimum absolute atomic E-state index is 0.00237. The van der Waals surface area contributed by atoms with Gasteiger partial charge in [0.15, 0.2) is 17.3 Å². The smallest absolute Gasteiger partial charge is 0.246 e. The molecule has 41 heavy (non-hydrogen) atoms. The van der Waals surface area contributed by atoms with E-state index in [2.05, 4.69) is 31.9 Å². The fourth-order valence-electron chi connectivity index (χ4n) is 5.78. The largest absolute Gasteiger partial charge is 0.457 e. The molecule has 1 amide bonds. The van der Waals surface area contributed by atoms with Crippen LogP contribution >= 0.6 is 0 Å². The van der Waals surface area contributed by atoms with Gasteiger partial charge in [-0.2, -0.15) is 5.10 Å². The van der Waals surface area contributed by atoms with Gasteiger partial charge in [0.1, 0.15) is 29.7 Å². The zero-order valence-corrected chi connectivity index (χ0v) is 22.4. The Morgan fingerprint density at radius 2 is 2.05 bits per heavy atom. The van der Waals surface area contributed by atoms with E-state index in [0.717, 1.165) is 31.4 Å². The number of likely N-dealkylation sites (tertiary alicyclic amines) is 1. The van der Waals surface area contributed by atoms with E-state index in [9.17, 15) is 4.79 Å². The number of hydrogen-bond acceptors (Lipinski definition) is 8. The maximum atomic E-state index is 15.6. The average molecular weight is 551 g/mol. The van der Waals surface area contributed by atoms with E-state index in [-0.39, 0.29) is 23.1 Å². The molecule has 7 rings (SSSR count). The molecular weight excluding hydrogens is 523 g/mol. The summed E-state index contributed by atoms with van der Waals surface area (Å²) in [6, 6.07) is 10.7. The van der Waals surface area contributed by atoms with E-state index in [1.54, 1.807) is 41.9 Å². The van der Waals surface area contributed by atoms with Crippen molar-refractivity contribution in [3.63, 3.8) is 0 Å². The third-order valence-electron chi connectivity index (χ3n) is 8.16. The Labute approximate surface area is 234 Å². The predicted molar refractivity (Wildman–Crippen MR) is 151 cm³/mol. The molecule has 1 saturated carbocycles. The first-order valence-corrected chi connectivity index (χ1v) is 13.5. The summed E-state index contributed by atoms with van der Waals surface area (Å²) in [5.41, 5.74) is 3.29. The second-order valence-corrected chi connectivity index (χ2v) is 10.6. The highest BCUT2D eigenvalue weighted by molar-refractivity contribution is 5.88. The number of nitrogens with zero attached hydrogens (tertiary/aromatic N) is 7. The third-order valence-corrected chi connectivity index (χ3v) is 8.16. The lowest BCUT2D eigenvalue weighted by molar-refractivity contribution is -0.130. The molecule has 1 atom stereocenters. The topological polar surface area (TPSA) is 110 Å². The first kappa shape index (κ1) is 25.1. The summed E-state index contributed by atoms with van der Waals surface area (Å²) in [4.78, 5) is 32.2. The molecule has 5 heterocycles. The van der Waals surface area contributed by atoms with Gasteiger partial charge in [-0.15, -0.1) is 0 Å². The molecule has 11 heteroatoms. The maximum absolute atomic E-state index is 15.6. The zero-order chi connectivity index (χ0) is 28.1. The molecule has 1 aliphatic heterocycles. The van der Waals surface area contributed by atoms with Crippen molar-refractivity contribution < 1.29 is 13.9 Å². The molecule has 0 unspecified atom stereocenters. The summed E-state index contributed by atoms with van der Waals surface area (Å²) >= 11 is 0.